The third-order valence-electron chi connectivity index (χ3n) is 2.08. The minimum Gasteiger partial charge on any atom is -0.311 e. The summed E-state index contributed by atoms with van der Waals surface area (Å²) < 4.78 is 0. The first kappa shape index (κ1) is 7.03. The van der Waals surface area contributed by atoms with Gasteiger partial charge in [-0.1, -0.05) is 0 Å². The van der Waals surface area contributed by atoms with E-state index in [1.165, 1.54) is 6.54 Å². The largest absolute Gasteiger partial charge is 0.311 e. The van der Waals surface area contributed by atoms with Gasteiger partial charge < -0.3 is 10.2 Å². The van der Waals surface area contributed by atoms with Gasteiger partial charge >= 0.3 is 0 Å². The molecular formula is C7H16N2. The van der Waals surface area contributed by atoms with Gasteiger partial charge in [0.1, 0.15) is 0 Å². The van der Waals surface area contributed by atoms with Crippen LogP contribution in [0.15, 0.2) is 0 Å². The van der Waals surface area contributed by atoms with Crippen LogP contribution in [0.2, 0.25) is 0 Å². The summed E-state index contributed by atoms with van der Waals surface area (Å²) in [6.45, 7) is 6.79. The van der Waals surface area contributed by atoms with Crippen LogP contribution in [0.4, 0.5) is 0 Å². The fourth-order valence-electron chi connectivity index (χ4n) is 1.20. The molecule has 2 heteroatoms. The zero-order chi connectivity index (χ0) is 6.85. The summed E-state index contributed by atoms with van der Waals surface area (Å²) in [7, 11) is 2.18. The normalized spacial score (nSPS) is 39.0. The molecule has 9 heavy (non-hydrogen) atoms. The molecule has 0 bridgehead atoms. The van der Waals surface area contributed by atoms with Gasteiger partial charge in [0.25, 0.3) is 0 Å². The predicted molar refractivity (Wildman–Crippen MR) is 39.6 cm³/mol. The maximum absolute atomic E-state index is 3.42. The van der Waals surface area contributed by atoms with E-state index in [4.69, 9.17) is 0 Å². The van der Waals surface area contributed by atoms with Gasteiger partial charge in [0.15, 0.2) is 0 Å². The molecule has 0 aromatic rings. The van der Waals surface area contributed by atoms with Gasteiger partial charge in [-0.05, 0) is 20.9 Å². The number of rotatable bonds is 0. The summed E-state index contributed by atoms with van der Waals surface area (Å²) in [4.78, 5) is 2.39. The summed E-state index contributed by atoms with van der Waals surface area (Å²) in [5.74, 6) is 0. The molecule has 1 aliphatic rings. The average Bonchev–Trinajstić information content (AvgIpc) is 1.80. The molecule has 1 fully saturated rings. The van der Waals surface area contributed by atoms with Crippen molar-refractivity contribution in [1.29, 1.82) is 0 Å². The third kappa shape index (κ3) is 1.66. The van der Waals surface area contributed by atoms with Gasteiger partial charge in [-0.3, -0.25) is 0 Å². The highest BCUT2D eigenvalue weighted by molar-refractivity contribution is 4.78. The molecule has 1 saturated heterocycles. The van der Waals surface area contributed by atoms with E-state index in [1.807, 2.05) is 0 Å². The molecule has 1 heterocycles. The minimum absolute atomic E-state index is 0.672. The van der Waals surface area contributed by atoms with E-state index in [9.17, 15) is 0 Å². The van der Waals surface area contributed by atoms with E-state index in [1.54, 1.807) is 0 Å². The Hall–Kier alpha value is -0.0800. The predicted octanol–water partition coefficient (Wildman–Crippen LogP) is 0.298. The minimum atomic E-state index is 0.672. The Bertz CT molecular complexity index is 92.9. The lowest BCUT2D eigenvalue weighted by Crippen LogP contribution is -2.52. The molecule has 0 amide bonds. The second-order valence-electron chi connectivity index (χ2n) is 3.10. The standard InChI is InChI=1S/C7H16N2/c1-6-5-9(3)7(2)4-8-6/h6-8H,4-5H2,1-3H3/t6-,7-/m0/s1. The molecule has 0 unspecified atom stereocenters. The van der Waals surface area contributed by atoms with Gasteiger partial charge in [-0.25, -0.2) is 0 Å². The maximum Gasteiger partial charge on any atom is 0.0190 e. The Labute approximate surface area is 57.2 Å². The van der Waals surface area contributed by atoms with E-state index in [0.717, 1.165) is 6.54 Å². The lowest BCUT2D eigenvalue weighted by Gasteiger charge is -2.34. The van der Waals surface area contributed by atoms with E-state index in [0.29, 0.717) is 12.1 Å². The van der Waals surface area contributed by atoms with Crippen LogP contribution in [0.3, 0.4) is 0 Å². The Balaban J connectivity index is 2.35. The first-order valence-corrected chi connectivity index (χ1v) is 3.64. The van der Waals surface area contributed by atoms with Crippen molar-refractivity contribution in [2.24, 2.45) is 0 Å². The first-order valence-electron chi connectivity index (χ1n) is 3.64. The van der Waals surface area contributed by atoms with Gasteiger partial charge in [0.2, 0.25) is 0 Å². The number of nitrogens with one attached hydrogen (secondary N) is 1. The second-order valence-corrected chi connectivity index (χ2v) is 3.10. The lowest BCUT2D eigenvalue weighted by molar-refractivity contribution is 0.182. The lowest BCUT2D eigenvalue weighted by atomic mass is 10.2. The van der Waals surface area contributed by atoms with Crippen LogP contribution in [0.5, 0.6) is 0 Å². The quantitative estimate of drug-likeness (QED) is 0.504. The Morgan fingerprint density at radius 1 is 1.44 bits per heavy atom. The van der Waals surface area contributed by atoms with Crippen molar-refractivity contribution in [3.8, 4) is 0 Å². The van der Waals surface area contributed by atoms with Crippen LogP contribution < -0.4 is 5.32 Å². The molecule has 54 valence electrons. The molecule has 1 rings (SSSR count). The topological polar surface area (TPSA) is 15.3 Å². The number of hydrogen-bond donors (Lipinski definition) is 1. The van der Waals surface area contributed by atoms with Gasteiger partial charge in [-0.15, -0.1) is 0 Å². The highest BCUT2D eigenvalue weighted by Crippen LogP contribution is 2.01. The maximum atomic E-state index is 3.42. The van der Waals surface area contributed by atoms with Crippen molar-refractivity contribution in [3.05, 3.63) is 0 Å². The molecule has 1 aliphatic heterocycles. The van der Waals surface area contributed by atoms with Crippen LogP contribution in [0.25, 0.3) is 0 Å². The fourth-order valence-corrected chi connectivity index (χ4v) is 1.20. The van der Waals surface area contributed by atoms with Crippen LogP contribution >= 0.6 is 0 Å². The SMILES string of the molecule is C[C@H]1CN(C)[C@@H](C)CN1. The van der Waals surface area contributed by atoms with Crippen molar-refractivity contribution >= 4 is 0 Å². The van der Waals surface area contributed by atoms with Crippen molar-refractivity contribution in [3.63, 3.8) is 0 Å². The van der Waals surface area contributed by atoms with Gasteiger partial charge in [0.05, 0.1) is 0 Å². The summed E-state index contributed by atoms with van der Waals surface area (Å²) in [5, 5.41) is 3.42. The smallest absolute Gasteiger partial charge is 0.0190 e. The molecule has 2 nitrogen and oxygen atoms in total. The summed E-state index contributed by atoms with van der Waals surface area (Å²) in [6.07, 6.45) is 0. The molecule has 0 aliphatic carbocycles. The van der Waals surface area contributed by atoms with Crippen LogP contribution in [0.1, 0.15) is 13.8 Å². The average molecular weight is 128 g/mol. The molecule has 0 radical (unpaired) electrons. The molecule has 0 aromatic carbocycles. The van der Waals surface area contributed by atoms with Gasteiger partial charge in [0, 0.05) is 25.2 Å². The fraction of sp³-hybridized carbons (Fsp3) is 1.00. The van der Waals surface area contributed by atoms with E-state index < -0.39 is 0 Å². The molecule has 0 aromatic heterocycles. The number of likely N-dealkylation sites (N-methyl/N-ethyl adjacent to an activating group) is 1. The van der Waals surface area contributed by atoms with Crippen molar-refractivity contribution in [2.45, 2.75) is 25.9 Å². The van der Waals surface area contributed by atoms with Crippen LogP contribution in [0, 0.1) is 0 Å². The third-order valence-corrected chi connectivity index (χ3v) is 2.08. The van der Waals surface area contributed by atoms with Crippen molar-refractivity contribution in [2.75, 3.05) is 20.1 Å². The molecule has 2 atom stereocenters. The zero-order valence-corrected chi connectivity index (χ0v) is 6.52. The summed E-state index contributed by atoms with van der Waals surface area (Å²) in [5.41, 5.74) is 0. The second kappa shape index (κ2) is 2.67. The van der Waals surface area contributed by atoms with Crippen LogP contribution in [-0.4, -0.2) is 37.1 Å². The summed E-state index contributed by atoms with van der Waals surface area (Å²) >= 11 is 0. The van der Waals surface area contributed by atoms with Crippen molar-refractivity contribution in [1.82, 2.24) is 10.2 Å². The highest BCUT2D eigenvalue weighted by Gasteiger charge is 2.17. The Kier molecular flexibility index (Phi) is 2.09. The zero-order valence-electron chi connectivity index (χ0n) is 6.52. The Morgan fingerprint density at radius 2 is 2.11 bits per heavy atom. The van der Waals surface area contributed by atoms with Gasteiger partial charge in [-0.2, -0.15) is 0 Å². The number of piperazine rings is 1. The van der Waals surface area contributed by atoms with E-state index in [2.05, 4.69) is 31.1 Å². The summed E-state index contributed by atoms with van der Waals surface area (Å²) in [6, 6.07) is 1.38. The monoisotopic (exact) mass is 128 g/mol. The highest BCUT2D eigenvalue weighted by atomic mass is 15.2. The first-order chi connectivity index (χ1) is 4.20. The van der Waals surface area contributed by atoms with Crippen molar-refractivity contribution < 1.29 is 0 Å². The van der Waals surface area contributed by atoms with E-state index in [-0.39, 0.29) is 0 Å². The number of hydrogen-bond acceptors (Lipinski definition) is 2. The molecule has 0 spiro atoms. The molecule has 1 N–H and O–H groups in total. The molecular weight excluding hydrogens is 112 g/mol. The van der Waals surface area contributed by atoms with Crippen LogP contribution in [-0.2, 0) is 0 Å². The molecule has 0 saturated carbocycles. The van der Waals surface area contributed by atoms with E-state index >= 15 is 0 Å². The Morgan fingerprint density at radius 3 is 2.56 bits per heavy atom. The number of nitrogens with zero attached hydrogens (tertiary/aromatic N) is 1.